The fourth-order valence-electron chi connectivity index (χ4n) is 4.36. The number of benzene rings is 2. The predicted molar refractivity (Wildman–Crippen MR) is 178 cm³/mol. The highest BCUT2D eigenvalue weighted by molar-refractivity contribution is 6.39. The molecule has 0 saturated heterocycles. The number of nitrogens with zero attached hydrogens (tertiary/aromatic N) is 2. The summed E-state index contributed by atoms with van der Waals surface area (Å²) in [4.78, 5) is 54.7. The van der Waals surface area contributed by atoms with Crippen molar-refractivity contribution in [2.24, 2.45) is 4.99 Å². The third kappa shape index (κ3) is 10.4. The molecule has 3 rings (SSSR count). The Morgan fingerprint density at radius 2 is 1.60 bits per heavy atom. The van der Waals surface area contributed by atoms with Crippen LogP contribution in [-0.4, -0.2) is 63.6 Å². The lowest BCUT2D eigenvalue weighted by Gasteiger charge is -2.41. The van der Waals surface area contributed by atoms with Gasteiger partial charge >= 0.3 is 18.2 Å². The number of halogens is 2. The molecule has 1 unspecified atom stereocenters. The van der Waals surface area contributed by atoms with Crippen molar-refractivity contribution in [1.29, 1.82) is 0 Å². The molecule has 0 aromatic heterocycles. The number of carboxylic acid groups (broad SMARTS) is 1. The molecule has 1 aliphatic rings. The molecule has 1 aliphatic heterocycles. The number of hydrazine groups is 1. The summed E-state index contributed by atoms with van der Waals surface area (Å²) >= 11 is 12.6. The molecule has 47 heavy (non-hydrogen) atoms. The van der Waals surface area contributed by atoms with Gasteiger partial charge in [-0.2, -0.15) is 0 Å². The maximum Gasteiger partial charge on any atom is 0.437 e. The van der Waals surface area contributed by atoms with Gasteiger partial charge in [0.1, 0.15) is 17.0 Å². The van der Waals surface area contributed by atoms with Gasteiger partial charge in [-0.25, -0.2) is 24.8 Å². The van der Waals surface area contributed by atoms with Crippen LogP contribution in [0.25, 0.3) is 0 Å². The first-order chi connectivity index (χ1) is 21.7. The van der Waals surface area contributed by atoms with Crippen molar-refractivity contribution in [2.45, 2.75) is 84.7 Å². The first-order valence-corrected chi connectivity index (χ1v) is 15.3. The van der Waals surface area contributed by atoms with Crippen LogP contribution in [0.3, 0.4) is 0 Å². The van der Waals surface area contributed by atoms with Gasteiger partial charge in [-0.15, -0.1) is 4.99 Å². The summed E-state index contributed by atoms with van der Waals surface area (Å²) in [5.41, 5.74) is 0.322. The number of fused-ring (bicyclic) bond motifs is 1. The molecule has 2 aromatic rings. The number of aliphatic imine (C=N–C) groups is 1. The monoisotopic (exact) mass is 694 g/mol. The van der Waals surface area contributed by atoms with Crippen molar-refractivity contribution >= 4 is 64.6 Å². The van der Waals surface area contributed by atoms with Gasteiger partial charge in [0.05, 0.1) is 28.4 Å². The Hall–Kier alpha value is -4.27. The van der Waals surface area contributed by atoms with Crippen LogP contribution >= 0.6 is 23.2 Å². The Labute approximate surface area is 283 Å². The number of amides is 3. The summed E-state index contributed by atoms with van der Waals surface area (Å²) in [5, 5.41) is 19.7. The number of para-hydroxylation sites is 1. The van der Waals surface area contributed by atoms with E-state index in [0.717, 1.165) is 5.01 Å². The highest BCUT2D eigenvalue weighted by atomic mass is 35.5. The van der Waals surface area contributed by atoms with Gasteiger partial charge in [0.15, 0.2) is 0 Å². The van der Waals surface area contributed by atoms with E-state index in [9.17, 15) is 24.3 Å². The molecule has 16 heteroatoms. The van der Waals surface area contributed by atoms with Crippen LogP contribution in [0.2, 0.25) is 10.0 Å². The Bertz CT molecular complexity index is 1540. The number of nitrogens with one attached hydrogen (secondary N) is 4. The van der Waals surface area contributed by atoms with Gasteiger partial charge in [0, 0.05) is 24.6 Å². The van der Waals surface area contributed by atoms with E-state index in [0.29, 0.717) is 23.4 Å². The summed E-state index contributed by atoms with van der Waals surface area (Å²) in [6.07, 6.45) is -1.50. The second-order valence-corrected chi connectivity index (χ2v) is 13.5. The maximum atomic E-state index is 13.0. The van der Waals surface area contributed by atoms with Crippen LogP contribution in [0.15, 0.2) is 41.4 Å². The fourth-order valence-corrected chi connectivity index (χ4v) is 4.85. The Morgan fingerprint density at radius 3 is 2.15 bits per heavy atom. The number of guanidine groups is 1. The lowest BCUT2D eigenvalue weighted by molar-refractivity contribution is -0.160. The van der Waals surface area contributed by atoms with Gasteiger partial charge < -0.3 is 30.0 Å². The first-order valence-electron chi connectivity index (χ1n) is 14.6. The molecule has 5 N–H and O–H groups in total. The Morgan fingerprint density at radius 1 is 0.979 bits per heavy atom. The van der Waals surface area contributed by atoms with Crippen molar-refractivity contribution in [2.75, 3.05) is 17.2 Å². The molecule has 2 atom stereocenters. The zero-order valence-corrected chi connectivity index (χ0v) is 28.9. The number of anilines is 2. The molecule has 0 saturated carbocycles. The topological polar surface area (TPSA) is 180 Å². The van der Waals surface area contributed by atoms with Crippen LogP contribution in [0.5, 0.6) is 5.75 Å². The van der Waals surface area contributed by atoms with Crippen LogP contribution in [0.4, 0.5) is 21.0 Å². The SMILES string of the molecule is CC(=O)N(NC1CCOc2ccc(N/C(=N/C(=O)OC(C)(C)C)NC(=O)OC(C)(C)C)cc21)[C@](C)(Nc1c(Cl)cccc1Cl)C(=O)O. The average molecular weight is 696 g/mol. The number of carbonyl (C=O) groups excluding carboxylic acids is 3. The summed E-state index contributed by atoms with van der Waals surface area (Å²) in [5.74, 6) is -1.84. The number of carbonyl (C=O) groups is 4. The minimum absolute atomic E-state index is 0.127. The molecule has 0 radical (unpaired) electrons. The molecular weight excluding hydrogens is 655 g/mol. The molecule has 1 heterocycles. The van der Waals surface area contributed by atoms with Crippen molar-refractivity contribution in [3.05, 3.63) is 52.0 Å². The van der Waals surface area contributed by atoms with Crippen molar-refractivity contribution in [1.82, 2.24) is 15.8 Å². The number of aliphatic carboxylic acids is 1. The van der Waals surface area contributed by atoms with Gasteiger partial charge in [-0.3, -0.25) is 10.1 Å². The third-order valence-corrected chi connectivity index (χ3v) is 6.95. The van der Waals surface area contributed by atoms with Gasteiger partial charge in [0.2, 0.25) is 17.5 Å². The maximum absolute atomic E-state index is 13.0. The smallest absolute Gasteiger partial charge is 0.437 e. The number of hydrogen-bond acceptors (Lipinski definition) is 9. The van der Waals surface area contributed by atoms with Gasteiger partial charge in [0.25, 0.3) is 0 Å². The highest BCUT2D eigenvalue weighted by Crippen LogP contribution is 2.37. The number of ether oxygens (including phenoxy) is 3. The number of carboxylic acids is 1. The molecule has 256 valence electrons. The summed E-state index contributed by atoms with van der Waals surface area (Å²) in [7, 11) is 0. The fraction of sp³-hybridized carbons (Fsp3) is 0.452. The summed E-state index contributed by atoms with van der Waals surface area (Å²) in [6, 6.07) is 8.93. The van der Waals surface area contributed by atoms with Gasteiger partial charge in [-0.1, -0.05) is 29.3 Å². The Kier molecular flexibility index (Phi) is 11.6. The van der Waals surface area contributed by atoms with E-state index in [1.165, 1.54) is 26.0 Å². The molecule has 0 fully saturated rings. The summed E-state index contributed by atoms with van der Waals surface area (Å²) < 4.78 is 16.4. The molecule has 2 aromatic carbocycles. The van der Waals surface area contributed by atoms with Crippen molar-refractivity contribution < 1.29 is 38.5 Å². The zero-order valence-electron chi connectivity index (χ0n) is 27.4. The minimum Gasteiger partial charge on any atom is -0.493 e. The van der Waals surface area contributed by atoms with E-state index in [1.807, 2.05) is 0 Å². The van der Waals surface area contributed by atoms with E-state index < -0.39 is 47.0 Å². The largest absolute Gasteiger partial charge is 0.493 e. The van der Waals surface area contributed by atoms with Crippen LogP contribution in [0, 0.1) is 0 Å². The highest BCUT2D eigenvalue weighted by Gasteiger charge is 2.44. The van der Waals surface area contributed by atoms with Crippen LogP contribution in [-0.2, 0) is 19.1 Å². The molecule has 14 nitrogen and oxygen atoms in total. The molecular formula is C31H40Cl2N6O8. The molecule has 0 aliphatic carbocycles. The van der Waals surface area contributed by atoms with Crippen LogP contribution in [0.1, 0.15) is 73.4 Å². The first kappa shape index (κ1) is 37.2. The quantitative estimate of drug-likeness (QED) is 0.0948. The van der Waals surface area contributed by atoms with E-state index >= 15 is 0 Å². The van der Waals surface area contributed by atoms with Crippen molar-refractivity contribution in [3.8, 4) is 5.75 Å². The lowest BCUT2D eigenvalue weighted by atomic mass is 10.00. The standard InChI is InChI=1S/C31H40Cl2N6O8/c1-17(40)39(31(8,25(41)42)37-24-20(32)10-9-11-21(24)33)38-22-14-15-45-23-13-12-18(16-19(22)23)34-26(35-27(43)46-29(2,3)4)36-28(44)47-30(5,6)7/h9-13,16,22,37-38H,14-15H2,1-8H3,(H,41,42)(H2,34,35,36,43,44)/t22?,31-/m0/s1. The second-order valence-electron chi connectivity index (χ2n) is 12.7. The van der Waals surface area contributed by atoms with E-state index in [1.54, 1.807) is 65.8 Å². The molecule has 0 bridgehead atoms. The van der Waals surface area contributed by atoms with Crippen LogP contribution < -0.4 is 26.1 Å². The second kappa shape index (κ2) is 14.7. The molecule has 0 spiro atoms. The average Bonchev–Trinajstić information content (AvgIpc) is 2.91. The predicted octanol–water partition coefficient (Wildman–Crippen LogP) is 6.31. The van der Waals surface area contributed by atoms with E-state index in [4.69, 9.17) is 37.4 Å². The van der Waals surface area contributed by atoms with Crippen molar-refractivity contribution in [3.63, 3.8) is 0 Å². The minimum atomic E-state index is -2.06. The Balaban J connectivity index is 1.97. The van der Waals surface area contributed by atoms with E-state index in [2.05, 4.69) is 26.4 Å². The number of rotatable bonds is 7. The number of hydrogen-bond donors (Lipinski definition) is 5. The van der Waals surface area contributed by atoms with E-state index in [-0.39, 0.29) is 28.3 Å². The lowest BCUT2D eigenvalue weighted by Crippen LogP contribution is -2.65. The number of alkyl carbamates (subject to hydrolysis) is 1. The van der Waals surface area contributed by atoms with Gasteiger partial charge in [-0.05, 0) is 78.8 Å². The molecule has 3 amide bonds. The third-order valence-electron chi connectivity index (χ3n) is 6.32. The summed E-state index contributed by atoms with van der Waals surface area (Å²) in [6.45, 7) is 12.8. The zero-order chi connectivity index (χ0) is 35.3. The normalized spacial score (nSPS) is 16.0.